The van der Waals surface area contributed by atoms with Crippen LogP contribution in [0.15, 0.2) is 0 Å². The monoisotopic (exact) mass is 312 g/mol. The minimum atomic E-state index is -3.68. The third-order valence-corrected chi connectivity index (χ3v) is 6.38. The number of unbranched alkanes of at least 4 members (excludes halogenated alkanes) is 3. The minimum Gasteiger partial charge on any atom is -0.183 e. The lowest BCUT2D eigenvalue weighted by atomic mass is 10.2. The first kappa shape index (κ1) is 17.3. The third kappa shape index (κ3) is 15.3. The second-order valence-electron chi connectivity index (χ2n) is 3.11. The molecule has 0 amide bonds. The highest BCUT2D eigenvalue weighted by Crippen LogP contribution is 2.59. The van der Waals surface area contributed by atoms with E-state index in [0.29, 0.717) is 11.5 Å². The maximum atomic E-state index is 8.65. The van der Waals surface area contributed by atoms with E-state index in [1.807, 2.05) is 0 Å². The highest BCUT2D eigenvalue weighted by molar-refractivity contribution is 8.57. The van der Waals surface area contributed by atoms with Gasteiger partial charge in [0, 0.05) is 11.5 Å². The Kier molecular flexibility index (Phi) is 9.12. The molecule has 0 aliphatic carbocycles. The van der Waals surface area contributed by atoms with E-state index in [0.717, 1.165) is 48.4 Å². The largest absolute Gasteiger partial charge is 0.473 e. The first-order valence-corrected chi connectivity index (χ1v) is 11.1. The van der Waals surface area contributed by atoms with E-state index < -0.39 is 14.3 Å². The summed E-state index contributed by atoms with van der Waals surface area (Å²) in [5, 5.41) is 0. The Bertz CT molecular complexity index is 163. The molecule has 0 rings (SSSR count). The average Bonchev–Trinajstić information content (AvgIpc) is 2.06. The molecule has 0 aliphatic rings. The van der Waals surface area contributed by atoms with Crippen LogP contribution in [-0.4, -0.2) is 40.9 Å². The van der Waals surface area contributed by atoms with Gasteiger partial charge in [0.2, 0.25) is 0 Å². The van der Waals surface area contributed by atoms with Crippen molar-refractivity contribution in [2.45, 2.75) is 25.7 Å². The van der Waals surface area contributed by atoms with Crippen LogP contribution in [0.5, 0.6) is 0 Å². The molecule has 0 aliphatic heterocycles. The molecule has 0 heterocycles. The summed E-state index contributed by atoms with van der Waals surface area (Å²) in [6.45, 7) is 0. The van der Waals surface area contributed by atoms with Crippen LogP contribution >= 0.6 is 37.1 Å². The Morgan fingerprint density at radius 3 is 1.12 bits per heavy atom. The summed E-state index contributed by atoms with van der Waals surface area (Å²) in [6, 6.07) is 0. The quantitative estimate of drug-likeness (QED) is 0.278. The fourth-order valence-electron chi connectivity index (χ4n) is 0.932. The van der Waals surface area contributed by atoms with Crippen LogP contribution in [0.25, 0.3) is 0 Å². The molecule has 0 spiro atoms. The zero-order chi connectivity index (χ0) is 12.7. The van der Waals surface area contributed by atoms with E-state index in [4.69, 9.17) is 29.4 Å². The number of rotatable bonds is 9. The smallest absolute Gasteiger partial charge is 0.183 e. The molecule has 0 aromatic heterocycles. The summed E-state index contributed by atoms with van der Waals surface area (Å²) in [7, 11) is -7.36. The van der Waals surface area contributed by atoms with Gasteiger partial charge in [-0.25, -0.2) is 0 Å². The summed E-state index contributed by atoms with van der Waals surface area (Å²) >= 11 is 1.52. The van der Waals surface area contributed by atoms with Crippen molar-refractivity contribution in [3.63, 3.8) is 0 Å². The van der Waals surface area contributed by atoms with Crippen LogP contribution in [0, 0.1) is 0 Å². The summed E-state index contributed by atoms with van der Waals surface area (Å²) in [6.07, 6.45) is 3.25. The molecular weight excluding hydrogens is 294 g/mol. The van der Waals surface area contributed by atoms with E-state index in [9.17, 15) is 0 Å². The first-order valence-electron chi connectivity index (χ1n) is 4.64. The molecule has 0 radical (unpaired) electrons. The molecular formula is C6H18O6P2S2+2. The van der Waals surface area contributed by atoms with Crippen LogP contribution in [0.2, 0.25) is 0 Å². The summed E-state index contributed by atoms with van der Waals surface area (Å²) in [5.74, 6) is 0.975. The molecule has 10 heteroatoms. The minimum absolute atomic E-state index is 0.487. The molecule has 6 nitrogen and oxygen atoms in total. The van der Waals surface area contributed by atoms with Gasteiger partial charge in [-0.1, -0.05) is 12.8 Å². The summed E-state index contributed by atoms with van der Waals surface area (Å²) in [4.78, 5) is 51.9. The maximum Gasteiger partial charge on any atom is 0.473 e. The normalized spacial score (nSPS) is 13.1. The summed E-state index contributed by atoms with van der Waals surface area (Å²) < 4.78 is 0. The van der Waals surface area contributed by atoms with Crippen molar-refractivity contribution in [2.24, 2.45) is 0 Å². The van der Waals surface area contributed by atoms with Gasteiger partial charge in [0.15, 0.2) is 0 Å². The lowest BCUT2D eigenvalue weighted by Crippen LogP contribution is -1.88. The summed E-state index contributed by atoms with van der Waals surface area (Å²) in [5.41, 5.74) is 0. The highest BCUT2D eigenvalue weighted by Gasteiger charge is 2.32. The molecule has 0 bridgehead atoms. The van der Waals surface area contributed by atoms with Crippen molar-refractivity contribution >= 4 is 37.1 Å². The van der Waals surface area contributed by atoms with Gasteiger partial charge in [-0.2, -0.15) is 29.4 Å². The Balaban J connectivity index is 3.17. The van der Waals surface area contributed by atoms with Gasteiger partial charge in [0.1, 0.15) is 22.8 Å². The standard InChI is InChI=1S/C6H18O6P2S2/c7-13(8,9)15-5-3-1-2-4-6-16-14(10,11)12/h7-12H,1-6H2/q+2. The maximum absolute atomic E-state index is 8.65. The number of hydrogen-bond acceptors (Lipinski definition) is 8. The zero-order valence-electron chi connectivity index (χ0n) is 8.64. The lowest BCUT2D eigenvalue weighted by Gasteiger charge is -2.02. The average molecular weight is 312 g/mol. The van der Waals surface area contributed by atoms with E-state index in [1.165, 1.54) is 0 Å². The van der Waals surface area contributed by atoms with Crippen LogP contribution in [0.3, 0.4) is 0 Å². The van der Waals surface area contributed by atoms with Crippen molar-refractivity contribution in [1.29, 1.82) is 0 Å². The zero-order valence-corrected chi connectivity index (χ0v) is 12.1. The fraction of sp³-hybridized carbons (Fsp3) is 1.00. The molecule has 16 heavy (non-hydrogen) atoms. The topological polar surface area (TPSA) is 121 Å². The van der Waals surface area contributed by atoms with Gasteiger partial charge in [0.25, 0.3) is 0 Å². The number of hydrogen-bond donors (Lipinski definition) is 6. The van der Waals surface area contributed by atoms with Crippen LogP contribution < -0.4 is 0 Å². The van der Waals surface area contributed by atoms with Gasteiger partial charge in [0.05, 0.1) is 0 Å². The van der Waals surface area contributed by atoms with Crippen molar-refractivity contribution in [1.82, 2.24) is 0 Å². The lowest BCUT2D eigenvalue weighted by molar-refractivity contribution is 0.356. The first-order chi connectivity index (χ1) is 7.21. The second kappa shape index (κ2) is 8.43. The van der Waals surface area contributed by atoms with Crippen molar-refractivity contribution in [3.05, 3.63) is 0 Å². The Labute approximate surface area is 104 Å². The van der Waals surface area contributed by atoms with E-state index in [-0.39, 0.29) is 0 Å². The van der Waals surface area contributed by atoms with E-state index in [2.05, 4.69) is 0 Å². The molecule has 6 N–H and O–H groups in total. The van der Waals surface area contributed by atoms with Crippen LogP contribution in [0.1, 0.15) is 25.7 Å². The van der Waals surface area contributed by atoms with Crippen molar-refractivity contribution in [2.75, 3.05) is 11.5 Å². The van der Waals surface area contributed by atoms with Gasteiger partial charge in [-0.05, 0) is 12.8 Å². The Morgan fingerprint density at radius 2 is 0.875 bits per heavy atom. The van der Waals surface area contributed by atoms with Gasteiger partial charge >= 0.3 is 14.3 Å². The Hall–Kier alpha value is 1.32. The van der Waals surface area contributed by atoms with Crippen molar-refractivity contribution in [3.8, 4) is 0 Å². The molecule has 0 unspecified atom stereocenters. The van der Waals surface area contributed by atoms with Crippen LogP contribution in [-0.2, 0) is 0 Å². The Morgan fingerprint density at radius 1 is 0.562 bits per heavy atom. The van der Waals surface area contributed by atoms with Crippen LogP contribution in [0.4, 0.5) is 0 Å². The highest BCUT2D eigenvalue weighted by atomic mass is 32.7. The predicted octanol–water partition coefficient (Wildman–Crippen LogP) is 1.32. The van der Waals surface area contributed by atoms with Gasteiger partial charge in [-0.3, -0.25) is 0 Å². The second-order valence-corrected chi connectivity index (χ2v) is 11.0. The van der Waals surface area contributed by atoms with Gasteiger partial charge in [-0.15, -0.1) is 0 Å². The molecule has 0 aromatic carbocycles. The van der Waals surface area contributed by atoms with E-state index >= 15 is 0 Å². The SMILES string of the molecule is O[P+](O)(O)SCCCCCCS[P+](O)(O)O. The van der Waals surface area contributed by atoms with Gasteiger partial charge < -0.3 is 0 Å². The van der Waals surface area contributed by atoms with E-state index in [1.54, 1.807) is 0 Å². The molecule has 0 saturated heterocycles. The molecule has 0 aromatic rings. The third-order valence-electron chi connectivity index (χ3n) is 1.57. The molecule has 0 saturated carbocycles. The van der Waals surface area contributed by atoms with Crippen molar-refractivity contribution < 1.29 is 29.4 Å². The molecule has 98 valence electrons. The fourth-order valence-corrected chi connectivity index (χ4v) is 4.33. The molecule has 0 fully saturated rings. The molecule has 0 atom stereocenters. The predicted molar refractivity (Wildman–Crippen MR) is 70.5 cm³/mol.